The minimum atomic E-state index is -3.57. The highest BCUT2D eigenvalue weighted by atomic mass is 35.5. The minimum Gasteiger partial charge on any atom is -0.340 e. The molecule has 1 aromatic carbocycles. The third kappa shape index (κ3) is 4.53. The van der Waals surface area contributed by atoms with Gasteiger partial charge in [-0.15, -0.1) is 0 Å². The van der Waals surface area contributed by atoms with Crippen LogP contribution in [0.5, 0.6) is 0 Å². The van der Waals surface area contributed by atoms with Gasteiger partial charge in [0.05, 0.1) is 10.4 Å². The van der Waals surface area contributed by atoms with E-state index in [1.807, 2.05) is 13.0 Å². The van der Waals surface area contributed by atoms with Gasteiger partial charge in [-0.05, 0) is 63.4 Å². The van der Waals surface area contributed by atoms with Crippen LogP contribution in [0.1, 0.15) is 51.1 Å². The van der Waals surface area contributed by atoms with Crippen LogP contribution in [0.2, 0.25) is 5.02 Å². The first-order valence-electron chi connectivity index (χ1n) is 10.8. The van der Waals surface area contributed by atoms with Crippen molar-refractivity contribution >= 4 is 44.0 Å². The molecule has 1 saturated carbocycles. The summed E-state index contributed by atoms with van der Waals surface area (Å²) in [4.78, 5) is 17.5. The zero-order chi connectivity index (χ0) is 23.0. The van der Waals surface area contributed by atoms with E-state index in [4.69, 9.17) is 11.6 Å². The summed E-state index contributed by atoms with van der Waals surface area (Å²) in [6.07, 6.45) is 5.82. The van der Waals surface area contributed by atoms with Crippen LogP contribution >= 0.6 is 11.6 Å². The van der Waals surface area contributed by atoms with Gasteiger partial charge in [-0.3, -0.25) is 4.79 Å². The summed E-state index contributed by atoms with van der Waals surface area (Å²) in [5.74, 6) is 0.574. The molecule has 1 fully saturated rings. The second kappa shape index (κ2) is 8.84. The monoisotopic (exact) mass is 474 g/mol. The maximum absolute atomic E-state index is 12.8. The van der Waals surface area contributed by atoms with Crippen LogP contribution in [0.25, 0.3) is 10.9 Å². The lowest BCUT2D eigenvalue weighted by molar-refractivity contribution is 0.519. The van der Waals surface area contributed by atoms with Crippen LogP contribution in [-0.4, -0.2) is 24.0 Å². The number of benzene rings is 1. The van der Waals surface area contributed by atoms with Crippen molar-refractivity contribution in [2.75, 3.05) is 5.32 Å². The molecule has 9 heteroatoms. The van der Waals surface area contributed by atoms with Gasteiger partial charge in [0.15, 0.2) is 0 Å². The molecule has 0 unspecified atom stereocenters. The summed E-state index contributed by atoms with van der Waals surface area (Å²) < 4.78 is 29.3. The van der Waals surface area contributed by atoms with E-state index in [2.05, 4.69) is 15.0 Å². The molecular formula is C23H27ClN4O3S. The van der Waals surface area contributed by atoms with Crippen molar-refractivity contribution in [2.24, 2.45) is 0 Å². The highest BCUT2D eigenvalue weighted by Gasteiger charge is 2.22. The number of aryl methyl sites for hydroxylation is 1. The summed E-state index contributed by atoms with van der Waals surface area (Å²) in [7, 11) is -3.57. The Morgan fingerprint density at radius 1 is 1.16 bits per heavy atom. The lowest BCUT2D eigenvalue weighted by Gasteiger charge is -2.18. The Morgan fingerprint density at radius 2 is 1.88 bits per heavy atom. The van der Waals surface area contributed by atoms with Gasteiger partial charge in [-0.2, -0.15) is 0 Å². The Kier molecular flexibility index (Phi) is 6.29. The number of hydrogen-bond donors (Lipinski definition) is 2. The van der Waals surface area contributed by atoms with Gasteiger partial charge >= 0.3 is 0 Å². The van der Waals surface area contributed by atoms with Gasteiger partial charge in [0.1, 0.15) is 10.8 Å². The molecule has 1 aliphatic rings. The van der Waals surface area contributed by atoms with E-state index in [9.17, 15) is 13.2 Å². The first-order valence-corrected chi connectivity index (χ1v) is 12.6. The van der Waals surface area contributed by atoms with Crippen molar-refractivity contribution in [1.29, 1.82) is 0 Å². The van der Waals surface area contributed by atoms with E-state index < -0.39 is 10.0 Å². The fourth-order valence-electron chi connectivity index (χ4n) is 4.25. The van der Waals surface area contributed by atoms with Gasteiger partial charge in [0, 0.05) is 35.4 Å². The number of fused-ring (bicyclic) bond motifs is 1. The average Bonchev–Trinajstić information content (AvgIpc) is 3.24. The Morgan fingerprint density at radius 3 is 2.53 bits per heavy atom. The average molecular weight is 475 g/mol. The molecule has 0 radical (unpaired) electrons. The zero-order valence-electron chi connectivity index (χ0n) is 18.4. The maximum atomic E-state index is 12.8. The van der Waals surface area contributed by atoms with Gasteiger partial charge in [-0.25, -0.2) is 18.1 Å². The number of nitrogens with one attached hydrogen (secondary N) is 2. The van der Waals surface area contributed by atoms with E-state index in [0.29, 0.717) is 5.82 Å². The van der Waals surface area contributed by atoms with Crippen molar-refractivity contribution in [3.63, 3.8) is 0 Å². The minimum absolute atomic E-state index is 0.138. The Labute approximate surface area is 192 Å². The summed E-state index contributed by atoms with van der Waals surface area (Å²) in [5, 5.41) is 4.27. The zero-order valence-corrected chi connectivity index (χ0v) is 19.9. The normalized spacial score (nSPS) is 15.0. The van der Waals surface area contributed by atoms with E-state index in [1.165, 1.54) is 0 Å². The van der Waals surface area contributed by atoms with Gasteiger partial charge in [0.25, 0.3) is 5.56 Å². The summed E-state index contributed by atoms with van der Waals surface area (Å²) in [6.45, 7) is 5.40. The molecule has 0 amide bonds. The second-order valence-corrected chi connectivity index (χ2v) is 10.7. The predicted molar refractivity (Wildman–Crippen MR) is 128 cm³/mol. The molecular weight excluding hydrogens is 448 g/mol. The fraction of sp³-hybridized carbons (Fsp3) is 0.391. The van der Waals surface area contributed by atoms with Crippen LogP contribution in [-0.2, 0) is 10.0 Å². The van der Waals surface area contributed by atoms with Crippen molar-refractivity contribution in [2.45, 2.75) is 63.4 Å². The molecule has 0 aliphatic heterocycles. The third-order valence-corrected chi connectivity index (χ3v) is 7.66. The van der Waals surface area contributed by atoms with Crippen molar-refractivity contribution in [3.8, 4) is 0 Å². The maximum Gasteiger partial charge on any atom is 0.270 e. The molecule has 2 N–H and O–H groups in total. The number of aromatic nitrogens is 2. The molecule has 4 rings (SSSR count). The molecule has 2 aromatic heterocycles. The van der Waals surface area contributed by atoms with Crippen LogP contribution in [0, 0.1) is 6.92 Å². The first kappa shape index (κ1) is 22.8. The van der Waals surface area contributed by atoms with Gasteiger partial charge < -0.3 is 9.88 Å². The van der Waals surface area contributed by atoms with E-state index in [-0.39, 0.29) is 27.6 Å². The predicted octanol–water partition coefficient (Wildman–Crippen LogP) is 4.90. The summed E-state index contributed by atoms with van der Waals surface area (Å²) in [5.41, 5.74) is 2.13. The van der Waals surface area contributed by atoms with E-state index >= 15 is 0 Å². The standard InChI is InChI=1S/C23H27ClN4O3S/c1-14(2)27-32(30,31)18-8-9-20(15(3)10-18)26-22-12-21-16(13-25-22)11-19(24)23(29)28(21)17-6-4-5-7-17/h8-14,17,27H,4-7H2,1-3H3,(H,25,26). The molecule has 2 heterocycles. The van der Waals surface area contributed by atoms with E-state index in [1.54, 1.807) is 48.9 Å². The number of halogens is 1. The van der Waals surface area contributed by atoms with Crippen molar-refractivity contribution in [3.05, 3.63) is 57.5 Å². The molecule has 0 saturated heterocycles. The molecule has 0 bridgehead atoms. The van der Waals surface area contributed by atoms with Crippen LogP contribution < -0.4 is 15.6 Å². The van der Waals surface area contributed by atoms with Crippen LogP contribution in [0.15, 0.2) is 46.2 Å². The Balaban J connectivity index is 1.70. The fourth-order valence-corrected chi connectivity index (χ4v) is 5.80. The largest absolute Gasteiger partial charge is 0.340 e. The quantitative estimate of drug-likeness (QED) is 0.529. The molecule has 3 aromatic rings. The molecule has 1 aliphatic carbocycles. The SMILES string of the molecule is Cc1cc(S(=O)(=O)NC(C)C)ccc1Nc1cc2c(cn1)cc(Cl)c(=O)n2C1CCCC1. The van der Waals surface area contributed by atoms with Gasteiger partial charge in [-0.1, -0.05) is 24.4 Å². The topological polar surface area (TPSA) is 93.1 Å². The van der Waals surface area contributed by atoms with Crippen LogP contribution in [0.4, 0.5) is 11.5 Å². The van der Waals surface area contributed by atoms with E-state index in [0.717, 1.165) is 47.8 Å². The second-order valence-electron chi connectivity index (χ2n) is 8.61. The number of anilines is 2. The number of rotatable bonds is 6. The number of sulfonamides is 1. The smallest absolute Gasteiger partial charge is 0.270 e. The first-order chi connectivity index (χ1) is 15.2. The Hall–Kier alpha value is -2.42. The molecule has 32 heavy (non-hydrogen) atoms. The summed E-state index contributed by atoms with van der Waals surface area (Å²) in [6, 6.07) is 8.38. The third-order valence-electron chi connectivity index (χ3n) is 5.73. The lowest BCUT2D eigenvalue weighted by Crippen LogP contribution is -2.30. The lowest BCUT2D eigenvalue weighted by atomic mass is 10.1. The summed E-state index contributed by atoms with van der Waals surface area (Å²) >= 11 is 6.21. The highest BCUT2D eigenvalue weighted by Crippen LogP contribution is 2.32. The number of hydrogen-bond acceptors (Lipinski definition) is 5. The van der Waals surface area contributed by atoms with Crippen LogP contribution in [0.3, 0.4) is 0 Å². The highest BCUT2D eigenvalue weighted by molar-refractivity contribution is 7.89. The number of pyridine rings is 2. The van der Waals surface area contributed by atoms with Crippen molar-refractivity contribution < 1.29 is 8.42 Å². The number of nitrogens with zero attached hydrogens (tertiary/aromatic N) is 2. The molecule has 0 spiro atoms. The van der Waals surface area contributed by atoms with Gasteiger partial charge in [0.2, 0.25) is 10.0 Å². The molecule has 7 nitrogen and oxygen atoms in total. The Bertz CT molecular complexity index is 1330. The molecule has 0 atom stereocenters. The van der Waals surface area contributed by atoms with Crippen molar-refractivity contribution in [1.82, 2.24) is 14.3 Å². The molecule has 170 valence electrons.